The predicted octanol–water partition coefficient (Wildman–Crippen LogP) is 2.28. The molecule has 1 aliphatic heterocycles. The molecule has 0 N–H and O–H groups in total. The monoisotopic (exact) mass is 383 g/mol. The predicted molar refractivity (Wildman–Crippen MR) is 87.5 cm³/mol. The number of carbonyl (C=O) groups excluding carboxylic acids is 1. The van der Waals surface area contributed by atoms with Crippen molar-refractivity contribution in [1.82, 2.24) is 9.80 Å². The number of carbonyl (C=O) groups is 1. The lowest BCUT2D eigenvalue weighted by Crippen LogP contribution is -2.43. The summed E-state index contributed by atoms with van der Waals surface area (Å²) in [5.74, 6) is -0.718. The lowest BCUT2D eigenvalue weighted by Gasteiger charge is -2.30. The van der Waals surface area contributed by atoms with Crippen molar-refractivity contribution < 1.29 is 13.9 Å². The van der Waals surface area contributed by atoms with Crippen LogP contribution in [0.1, 0.15) is 16.8 Å². The molecule has 0 radical (unpaired) electrons. The second kappa shape index (κ2) is 8.96. The standard InChI is InChI=1S/C16H19BrFN3O2/c17-15-3-2-13(18)12-14(15)16(22)21(5-1-4-19)7-6-20-8-10-23-11-9-20/h2-3,12H,1,5-11H2. The fourth-order valence-electron chi connectivity index (χ4n) is 2.42. The van der Waals surface area contributed by atoms with Gasteiger partial charge in [0.1, 0.15) is 5.82 Å². The minimum atomic E-state index is -0.454. The van der Waals surface area contributed by atoms with Gasteiger partial charge in [-0.15, -0.1) is 0 Å². The molecule has 23 heavy (non-hydrogen) atoms. The maximum Gasteiger partial charge on any atom is 0.255 e. The number of morpholine rings is 1. The number of amides is 1. The normalized spacial score (nSPS) is 15.2. The number of hydrogen-bond donors (Lipinski definition) is 0. The molecule has 0 saturated carbocycles. The second-order valence-corrected chi connectivity index (χ2v) is 6.13. The molecule has 0 bridgehead atoms. The van der Waals surface area contributed by atoms with E-state index in [9.17, 15) is 9.18 Å². The maximum absolute atomic E-state index is 13.4. The Morgan fingerprint density at radius 1 is 1.39 bits per heavy atom. The molecule has 0 unspecified atom stereocenters. The van der Waals surface area contributed by atoms with E-state index in [1.165, 1.54) is 18.2 Å². The summed E-state index contributed by atoms with van der Waals surface area (Å²) in [7, 11) is 0. The zero-order valence-corrected chi connectivity index (χ0v) is 14.4. The summed E-state index contributed by atoms with van der Waals surface area (Å²) in [6.45, 7) is 4.62. The first-order valence-corrected chi connectivity index (χ1v) is 8.32. The topological polar surface area (TPSA) is 56.6 Å². The van der Waals surface area contributed by atoms with Crippen molar-refractivity contribution in [2.45, 2.75) is 6.42 Å². The molecule has 5 nitrogen and oxygen atoms in total. The number of nitrogens with zero attached hydrogens (tertiary/aromatic N) is 3. The van der Waals surface area contributed by atoms with Crippen molar-refractivity contribution in [2.75, 3.05) is 45.9 Å². The van der Waals surface area contributed by atoms with E-state index in [2.05, 4.69) is 26.9 Å². The van der Waals surface area contributed by atoms with Crippen molar-refractivity contribution in [3.63, 3.8) is 0 Å². The third kappa shape index (κ3) is 5.27. The Hall–Kier alpha value is -1.49. The van der Waals surface area contributed by atoms with Crippen LogP contribution in [0.4, 0.5) is 4.39 Å². The molecule has 0 aromatic heterocycles. The van der Waals surface area contributed by atoms with E-state index in [0.717, 1.165) is 13.1 Å². The highest BCUT2D eigenvalue weighted by atomic mass is 79.9. The summed E-state index contributed by atoms with van der Waals surface area (Å²) >= 11 is 3.29. The first-order chi connectivity index (χ1) is 11.1. The van der Waals surface area contributed by atoms with Gasteiger partial charge in [-0.3, -0.25) is 9.69 Å². The van der Waals surface area contributed by atoms with Crippen molar-refractivity contribution in [3.8, 4) is 6.07 Å². The summed E-state index contributed by atoms with van der Waals surface area (Å²) in [5.41, 5.74) is 0.282. The van der Waals surface area contributed by atoms with E-state index in [1.54, 1.807) is 4.90 Å². The Labute approximate surface area is 143 Å². The van der Waals surface area contributed by atoms with Crippen LogP contribution in [-0.4, -0.2) is 61.6 Å². The van der Waals surface area contributed by atoms with Crippen LogP contribution in [0.5, 0.6) is 0 Å². The highest BCUT2D eigenvalue weighted by molar-refractivity contribution is 9.10. The lowest BCUT2D eigenvalue weighted by molar-refractivity contribution is 0.0326. The quantitative estimate of drug-likeness (QED) is 0.755. The van der Waals surface area contributed by atoms with E-state index in [4.69, 9.17) is 10.00 Å². The highest BCUT2D eigenvalue weighted by Crippen LogP contribution is 2.20. The van der Waals surface area contributed by atoms with Crippen LogP contribution in [0.2, 0.25) is 0 Å². The van der Waals surface area contributed by atoms with Crippen LogP contribution < -0.4 is 0 Å². The van der Waals surface area contributed by atoms with E-state index >= 15 is 0 Å². The molecule has 1 aliphatic rings. The lowest BCUT2D eigenvalue weighted by atomic mass is 10.2. The van der Waals surface area contributed by atoms with Crippen molar-refractivity contribution in [3.05, 3.63) is 34.1 Å². The molecule has 1 saturated heterocycles. The average molecular weight is 384 g/mol. The number of halogens is 2. The van der Waals surface area contributed by atoms with Gasteiger partial charge in [0, 0.05) is 37.2 Å². The maximum atomic E-state index is 13.4. The molecule has 1 aromatic rings. The van der Waals surface area contributed by atoms with Crippen LogP contribution in [0.25, 0.3) is 0 Å². The van der Waals surface area contributed by atoms with Crippen LogP contribution in [0.15, 0.2) is 22.7 Å². The summed E-state index contributed by atoms with van der Waals surface area (Å²) in [4.78, 5) is 16.5. The zero-order chi connectivity index (χ0) is 16.7. The number of rotatable bonds is 6. The molecule has 2 rings (SSSR count). The molecule has 1 fully saturated rings. The number of hydrogen-bond acceptors (Lipinski definition) is 4. The van der Waals surface area contributed by atoms with Crippen LogP contribution in [0.3, 0.4) is 0 Å². The van der Waals surface area contributed by atoms with Gasteiger partial charge < -0.3 is 9.64 Å². The fourth-order valence-corrected chi connectivity index (χ4v) is 2.83. The molecule has 0 aliphatic carbocycles. The average Bonchev–Trinajstić information content (AvgIpc) is 2.57. The minimum Gasteiger partial charge on any atom is -0.379 e. The van der Waals surface area contributed by atoms with E-state index in [-0.39, 0.29) is 17.9 Å². The molecule has 1 aromatic carbocycles. The first kappa shape index (κ1) is 17.9. The summed E-state index contributed by atoms with van der Waals surface area (Å²) in [5, 5.41) is 8.80. The van der Waals surface area contributed by atoms with Crippen molar-refractivity contribution in [1.29, 1.82) is 5.26 Å². The molecule has 0 atom stereocenters. The zero-order valence-electron chi connectivity index (χ0n) is 12.8. The third-order valence-corrected chi connectivity index (χ3v) is 4.42. The van der Waals surface area contributed by atoms with Crippen molar-refractivity contribution in [2.24, 2.45) is 0 Å². The van der Waals surface area contributed by atoms with Gasteiger partial charge in [-0.05, 0) is 34.1 Å². The van der Waals surface area contributed by atoms with Crippen LogP contribution in [0, 0.1) is 17.1 Å². The summed E-state index contributed by atoms with van der Waals surface area (Å²) in [6.07, 6.45) is 0.252. The van der Waals surface area contributed by atoms with Gasteiger partial charge in [-0.2, -0.15) is 5.26 Å². The summed E-state index contributed by atoms with van der Waals surface area (Å²) < 4.78 is 19.3. The van der Waals surface area contributed by atoms with E-state index in [0.29, 0.717) is 37.3 Å². The van der Waals surface area contributed by atoms with Gasteiger partial charge in [-0.25, -0.2) is 4.39 Å². The van der Waals surface area contributed by atoms with Gasteiger partial charge in [0.2, 0.25) is 0 Å². The Balaban J connectivity index is 2.05. The minimum absolute atomic E-state index is 0.252. The Morgan fingerprint density at radius 3 is 2.83 bits per heavy atom. The smallest absolute Gasteiger partial charge is 0.255 e. The highest BCUT2D eigenvalue weighted by Gasteiger charge is 2.20. The molecule has 0 spiro atoms. The Bertz CT molecular complexity index is 585. The van der Waals surface area contributed by atoms with Crippen LogP contribution in [-0.2, 0) is 4.74 Å². The third-order valence-electron chi connectivity index (χ3n) is 3.73. The molecule has 7 heteroatoms. The molecular weight excluding hydrogens is 365 g/mol. The van der Waals surface area contributed by atoms with Gasteiger partial charge in [-0.1, -0.05) is 0 Å². The molecular formula is C16H19BrFN3O2. The Kier molecular flexibility index (Phi) is 6.96. The fraction of sp³-hybridized carbons (Fsp3) is 0.500. The molecule has 1 amide bonds. The van der Waals surface area contributed by atoms with Gasteiger partial charge in [0.25, 0.3) is 5.91 Å². The second-order valence-electron chi connectivity index (χ2n) is 5.28. The van der Waals surface area contributed by atoms with Crippen LogP contribution >= 0.6 is 15.9 Å². The van der Waals surface area contributed by atoms with E-state index < -0.39 is 5.82 Å². The van der Waals surface area contributed by atoms with Gasteiger partial charge in [0.05, 0.1) is 31.3 Å². The number of ether oxygens (including phenoxy) is 1. The van der Waals surface area contributed by atoms with Gasteiger partial charge >= 0.3 is 0 Å². The SMILES string of the molecule is N#CCCN(CCN1CCOCC1)C(=O)c1cc(F)ccc1Br. The summed E-state index contributed by atoms with van der Waals surface area (Å²) in [6, 6.07) is 6.10. The largest absolute Gasteiger partial charge is 0.379 e. The van der Waals surface area contributed by atoms with Crippen molar-refractivity contribution >= 4 is 21.8 Å². The van der Waals surface area contributed by atoms with Gasteiger partial charge in [0.15, 0.2) is 0 Å². The Morgan fingerprint density at radius 2 is 2.13 bits per heavy atom. The number of benzene rings is 1. The molecule has 124 valence electrons. The first-order valence-electron chi connectivity index (χ1n) is 7.53. The number of nitriles is 1. The van der Waals surface area contributed by atoms with E-state index in [1.807, 2.05) is 0 Å². The molecule has 1 heterocycles.